The van der Waals surface area contributed by atoms with Crippen LogP contribution in [0.3, 0.4) is 0 Å². The molecule has 1 aliphatic heterocycles. The lowest BCUT2D eigenvalue weighted by Crippen LogP contribution is -2.25. The minimum absolute atomic E-state index is 0.0664. The van der Waals surface area contributed by atoms with Gasteiger partial charge < -0.3 is 15.5 Å². The van der Waals surface area contributed by atoms with Gasteiger partial charge in [-0.3, -0.25) is 4.79 Å². The van der Waals surface area contributed by atoms with Gasteiger partial charge in [0, 0.05) is 16.5 Å². The number of hydrogen-bond donors (Lipinski definition) is 3. The van der Waals surface area contributed by atoms with Crippen LogP contribution in [-0.4, -0.2) is 38.5 Å². The van der Waals surface area contributed by atoms with E-state index in [0.29, 0.717) is 33.8 Å². The van der Waals surface area contributed by atoms with E-state index in [9.17, 15) is 23.8 Å². The lowest BCUT2D eigenvalue weighted by Gasteiger charge is -2.06. The van der Waals surface area contributed by atoms with Crippen molar-refractivity contribution in [2.24, 2.45) is 10.2 Å². The van der Waals surface area contributed by atoms with Gasteiger partial charge in [-0.2, -0.15) is 13.9 Å². The molecule has 1 atom stereocenters. The van der Waals surface area contributed by atoms with E-state index in [-0.39, 0.29) is 17.4 Å². The Morgan fingerprint density at radius 2 is 1.96 bits per heavy atom. The summed E-state index contributed by atoms with van der Waals surface area (Å²) < 4.78 is 24.7. The number of nitrogens with one attached hydrogen (secondary N) is 1. The number of phenols is 2. The number of carbonyl (C=O) groups excluding carboxylic acids is 1. The first kappa shape index (κ1) is 20.2. The van der Waals surface area contributed by atoms with E-state index in [2.05, 4.69) is 15.5 Å². The molecule has 0 radical (unpaired) electrons. The Bertz CT molecular complexity index is 921. The van der Waals surface area contributed by atoms with Crippen LogP contribution < -0.4 is 5.32 Å². The number of aromatic hydroxyl groups is 2. The third-order valence-corrected chi connectivity index (χ3v) is 5.50. The SMILES string of the molecule is O=C1NC(=NN=Cc2ccc(O)cc2O)SC1Cc1ccc(SC(F)F)cc1. The van der Waals surface area contributed by atoms with Crippen molar-refractivity contribution in [1.29, 1.82) is 0 Å². The van der Waals surface area contributed by atoms with Crippen LogP contribution in [0.5, 0.6) is 11.5 Å². The molecule has 0 spiro atoms. The van der Waals surface area contributed by atoms with Crippen molar-refractivity contribution < 1.29 is 23.8 Å². The van der Waals surface area contributed by atoms with Crippen LogP contribution >= 0.6 is 23.5 Å². The summed E-state index contributed by atoms with van der Waals surface area (Å²) in [5.74, 6) is -2.89. The maximum absolute atomic E-state index is 12.3. The van der Waals surface area contributed by atoms with Crippen LogP contribution in [0.2, 0.25) is 0 Å². The topological polar surface area (TPSA) is 94.3 Å². The fourth-order valence-electron chi connectivity index (χ4n) is 2.39. The van der Waals surface area contributed by atoms with Crippen LogP contribution in [0.4, 0.5) is 8.78 Å². The average molecular weight is 423 g/mol. The van der Waals surface area contributed by atoms with Crippen molar-refractivity contribution in [2.75, 3.05) is 0 Å². The van der Waals surface area contributed by atoms with E-state index in [1.807, 2.05) is 0 Å². The summed E-state index contributed by atoms with van der Waals surface area (Å²) in [5.41, 5.74) is 1.22. The molecule has 28 heavy (non-hydrogen) atoms. The number of hydrogen-bond acceptors (Lipinski definition) is 7. The lowest BCUT2D eigenvalue weighted by molar-refractivity contribution is -0.118. The molecule has 10 heteroatoms. The first-order valence-electron chi connectivity index (χ1n) is 8.05. The van der Waals surface area contributed by atoms with Gasteiger partial charge >= 0.3 is 0 Å². The number of alkyl halides is 2. The third-order valence-electron chi connectivity index (χ3n) is 3.71. The number of amides is 1. The van der Waals surface area contributed by atoms with Crippen LogP contribution in [0.15, 0.2) is 57.6 Å². The van der Waals surface area contributed by atoms with Crippen molar-refractivity contribution in [3.63, 3.8) is 0 Å². The predicted octanol–water partition coefficient (Wildman–Crippen LogP) is 3.58. The molecule has 3 N–H and O–H groups in total. The summed E-state index contributed by atoms with van der Waals surface area (Å²) in [6, 6.07) is 10.7. The molecule has 3 rings (SSSR count). The summed E-state index contributed by atoms with van der Waals surface area (Å²) in [6.45, 7) is 0. The van der Waals surface area contributed by atoms with Crippen molar-refractivity contribution in [2.45, 2.75) is 22.3 Å². The van der Waals surface area contributed by atoms with Crippen molar-refractivity contribution in [3.05, 3.63) is 53.6 Å². The van der Waals surface area contributed by atoms with Gasteiger partial charge in [-0.1, -0.05) is 35.7 Å². The number of phenolic OH excluding ortho intramolecular Hbond substituents is 2. The summed E-state index contributed by atoms with van der Waals surface area (Å²) in [6.07, 6.45) is 1.73. The Morgan fingerprint density at radius 3 is 2.64 bits per heavy atom. The van der Waals surface area contributed by atoms with Crippen LogP contribution in [0.25, 0.3) is 0 Å². The number of benzene rings is 2. The van der Waals surface area contributed by atoms with Gasteiger partial charge in [0.15, 0.2) is 5.17 Å². The number of thioether (sulfide) groups is 2. The molecule has 2 aromatic rings. The molecule has 0 saturated carbocycles. The van der Waals surface area contributed by atoms with Crippen LogP contribution in [0.1, 0.15) is 11.1 Å². The molecule has 1 saturated heterocycles. The molecule has 1 amide bonds. The van der Waals surface area contributed by atoms with Gasteiger partial charge in [0.1, 0.15) is 11.5 Å². The highest BCUT2D eigenvalue weighted by Gasteiger charge is 2.30. The molecular formula is C18H15F2N3O3S2. The summed E-state index contributed by atoms with van der Waals surface area (Å²) >= 11 is 1.69. The molecule has 146 valence electrons. The standard InChI is InChI=1S/C18H15F2N3O3S2/c19-17(20)27-13-5-1-10(2-6-13)7-15-16(26)22-18(28-15)23-21-9-11-3-4-12(24)8-14(11)25/h1-6,8-9,15,17,24-25H,7H2,(H,22,23,26). The van der Waals surface area contributed by atoms with E-state index in [1.165, 1.54) is 36.2 Å². The smallest absolute Gasteiger partial charge is 0.288 e. The molecule has 6 nitrogen and oxygen atoms in total. The molecule has 0 bridgehead atoms. The van der Waals surface area contributed by atoms with Crippen molar-refractivity contribution in [1.82, 2.24) is 5.32 Å². The van der Waals surface area contributed by atoms with E-state index < -0.39 is 11.0 Å². The fraction of sp³-hybridized carbons (Fsp3) is 0.167. The van der Waals surface area contributed by atoms with Gasteiger partial charge in [-0.15, -0.1) is 5.10 Å². The summed E-state index contributed by atoms with van der Waals surface area (Å²) in [5, 5.41) is 29.3. The quantitative estimate of drug-likeness (QED) is 0.375. The number of nitrogens with zero attached hydrogens (tertiary/aromatic N) is 2. The number of halogens is 2. The highest BCUT2D eigenvalue weighted by molar-refractivity contribution is 8.15. The van der Waals surface area contributed by atoms with E-state index in [0.717, 1.165) is 5.56 Å². The zero-order chi connectivity index (χ0) is 20.1. The summed E-state index contributed by atoms with van der Waals surface area (Å²) in [4.78, 5) is 12.6. The zero-order valence-corrected chi connectivity index (χ0v) is 15.9. The second-order valence-electron chi connectivity index (χ2n) is 5.72. The Labute approximate surface area is 167 Å². The monoisotopic (exact) mass is 423 g/mol. The Morgan fingerprint density at radius 1 is 1.21 bits per heavy atom. The van der Waals surface area contributed by atoms with Crippen molar-refractivity contribution >= 4 is 40.8 Å². The number of carbonyl (C=O) groups is 1. The van der Waals surface area contributed by atoms with E-state index in [4.69, 9.17) is 0 Å². The predicted molar refractivity (Wildman–Crippen MR) is 106 cm³/mol. The van der Waals surface area contributed by atoms with Crippen LogP contribution in [0, 0.1) is 0 Å². The minimum atomic E-state index is -2.47. The molecule has 0 aromatic heterocycles. The Balaban J connectivity index is 1.60. The maximum Gasteiger partial charge on any atom is 0.288 e. The highest BCUT2D eigenvalue weighted by atomic mass is 32.2. The lowest BCUT2D eigenvalue weighted by atomic mass is 10.1. The molecule has 1 aliphatic rings. The minimum Gasteiger partial charge on any atom is -0.508 e. The highest BCUT2D eigenvalue weighted by Crippen LogP contribution is 2.27. The first-order valence-corrected chi connectivity index (χ1v) is 9.81. The normalized spacial score (nSPS) is 18.3. The number of rotatable bonds is 6. The van der Waals surface area contributed by atoms with Gasteiger partial charge in [0.25, 0.3) is 5.76 Å². The molecule has 2 aromatic carbocycles. The third kappa shape index (κ3) is 5.46. The fourth-order valence-corrected chi connectivity index (χ4v) is 3.86. The zero-order valence-electron chi connectivity index (χ0n) is 14.3. The molecular weight excluding hydrogens is 408 g/mol. The second kappa shape index (κ2) is 9.07. The van der Waals surface area contributed by atoms with Crippen molar-refractivity contribution in [3.8, 4) is 11.5 Å². The molecule has 0 aliphatic carbocycles. The van der Waals surface area contributed by atoms with Gasteiger partial charge in [-0.05, 0) is 36.2 Å². The second-order valence-corrected chi connectivity index (χ2v) is 7.97. The Hall–Kier alpha value is -2.59. The number of amidine groups is 1. The summed E-state index contributed by atoms with van der Waals surface area (Å²) in [7, 11) is 0. The van der Waals surface area contributed by atoms with Gasteiger partial charge in [0.05, 0.1) is 11.5 Å². The first-order chi connectivity index (χ1) is 13.4. The molecule has 1 fully saturated rings. The van der Waals surface area contributed by atoms with E-state index >= 15 is 0 Å². The van der Waals surface area contributed by atoms with Crippen LogP contribution in [-0.2, 0) is 11.2 Å². The maximum atomic E-state index is 12.3. The van der Waals surface area contributed by atoms with Gasteiger partial charge in [-0.25, -0.2) is 0 Å². The molecule has 1 heterocycles. The Kier molecular flexibility index (Phi) is 6.53. The van der Waals surface area contributed by atoms with Gasteiger partial charge in [0.2, 0.25) is 5.91 Å². The largest absolute Gasteiger partial charge is 0.508 e. The van der Waals surface area contributed by atoms with E-state index in [1.54, 1.807) is 24.3 Å². The molecule has 1 unspecified atom stereocenters. The average Bonchev–Trinajstić information content (AvgIpc) is 2.97.